The van der Waals surface area contributed by atoms with Crippen LogP contribution in [0.25, 0.3) is 0 Å². The van der Waals surface area contributed by atoms with Gasteiger partial charge in [-0.05, 0) is 29.8 Å². The maximum absolute atomic E-state index is 12.1. The summed E-state index contributed by atoms with van der Waals surface area (Å²) in [4.78, 5) is 17.9. The first-order valence-electron chi connectivity index (χ1n) is 6.34. The maximum Gasteiger partial charge on any atom is 0.228 e. The van der Waals surface area contributed by atoms with E-state index in [9.17, 15) is 4.79 Å². The van der Waals surface area contributed by atoms with Crippen molar-refractivity contribution in [3.05, 3.63) is 57.8 Å². The van der Waals surface area contributed by atoms with Crippen LogP contribution in [0.1, 0.15) is 11.3 Å². The molecular weight excluding hydrogens is 309 g/mol. The van der Waals surface area contributed by atoms with Crippen LogP contribution in [0, 0.1) is 0 Å². The highest BCUT2D eigenvalue weighted by Gasteiger charge is 2.11. The number of benzene rings is 1. The summed E-state index contributed by atoms with van der Waals surface area (Å²) >= 11 is 11.8. The zero-order valence-electron chi connectivity index (χ0n) is 11.5. The molecule has 0 fully saturated rings. The van der Waals surface area contributed by atoms with E-state index >= 15 is 0 Å². The lowest BCUT2D eigenvalue weighted by Gasteiger charge is -2.17. The lowest BCUT2D eigenvalue weighted by atomic mass is 10.2. The third kappa shape index (κ3) is 4.34. The van der Waals surface area contributed by atoms with E-state index < -0.39 is 0 Å². The molecule has 0 bridgehead atoms. The molecule has 6 heteroatoms. The highest BCUT2D eigenvalue weighted by atomic mass is 35.5. The Labute approximate surface area is 133 Å². The minimum absolute atomic E-state index is 0.0293. The average molecular weight is 324 g/mol. The Hall–Kier alpha value is -1.78. The molecule has 1 amide bonds. The number of carbonyl (C=O) groups excluding carboxylic acids is 1. The number of amides is 1. The first kappa shape index (κ1) is 15.6. The molecule has 1 heterocycles. The van der Waals surface area contributed by atoms with Crippen LogP contribution in [0.2, 0.25) is 10.0 Å². The molecule has 2 N–H and O–H groups in total. The van der Waals surface area contributed by atoms with Crippen LogP contribution in [-0.4, -0.2) is 22.8 Å². The van der Waals surface area contributed by atoms with Gasteiger partial charge in [0, 0.05) is 19.3 Å². The average Bonchev–Trinajstić information content (AvgIpc) is 2.45. The standard InChI is InChI=1S/C15H15Cl2N3O/c1-20(9-10-2-5-13(16)14(17)6-10)15(21)7-12-4-3-11(18)8-19-12/h2-6,8H,7,9,18H2,1H3. The number of aromatic nitrogens is 1. The number of hydrogen-bond acceptors (Lipinski definition) is 3. The Bertz CT molecular complexity index is 644. The van der Waals surface area contributed by atoms with Crippen molar-refractivity contribution in [1.29, 1.82) is 0 Å². The quantitative estimate of drug-likeness (QED) is 0.940. The van der Waals surface area contributed by atoms with Crippen molar-refractivity contribution in [3.63, 3.8) is 0 Å². The normalized spacial score (nSPS) is 10.4. The molecule has 0 saturated heterocycles. The molecule has 0 saturated carbocycles. The monoisotopic (exact) mass is 323 g/mol. The van der Waals surface area contributed by atoms with Crippen molar-refractivity contribution in [2.75, 3.05) is 12.8 Å². The molecule has 21 heavy (non-hydrogen) atoms. The summed E-state index contributed by atoms with van der Waals surface area (Å²) in [6.45, 7) is 0.463. The van der Waals surface area contributed by atoms with Gasteiger partial charge in [-0.1, -0.05) is 29.3 Å². The largest absolute Gasteiger partial charge is 0.397 e. The summed E-state index contributed by atoms with van der Waals surface area (Å²) in [6, 6.07) is 8.81. The molecule has 0 aliphatic rings. The van der Waals surface area contributed by atoms with Crippen molar-refractivity contribution in [1.82, 2.24) is 9.88 Å². The second-order valence-electron chi connectivity index (χ2n) is 4.76. The van der Waals surface area contributed by atoms with Crippen LogP contribution in [0.3, 0.4) is 0 Å². The summed E-state index contributed by atoms with van der Waals surface area (Å²) in [7, 11) is 1.74. The van der Waals surface area contributed by atoms with E-state index in [-0.39, 0.29) is 12.3 Å². The molecule has 4 nitrogen and oxygen atoms in total. The maximum atomic E-state index is 12.1. The van der Waals surface area contributed by atoms with E-state index in [0.29, 0.717) is 28.0 Å². The topological polar surface area (TPSA) is 59.2 Å². The van der Waals surface area contributed by atoms with Gasteiger partial charge >= 0.3 is 0 Å². The number of rotatable bonds is 4. The summed E-state index contributed by atoms with van der Waals surface area (Å²) in [6.07, 6.45) is 1.78. The van der Waals surface area contributed by atoms with Crippen LogP contribution in [-0.2, 0) is 17.8 Å². The van der Waals surface area contributed by atoms with Crippen LogP contribution in [0.5, 0.6) is 0 Å². The highest BCUT2D eigenvalue weighted by Crippen LogP contribution is 2.23. The van der Waals surface area contributed by atoms with E-state index in [1.807, 2.05) is 6.07 Å². The van der Waals surface area contributed by atoms with Crippen molar-refractivity contribution in [2.24, 2.45) is 0 Å². The third-order valence-corrected chi connectivity index (χ3v) is 3.75. The number of nitrogens with zero attached hydrogens (tertiary/aromatic N) is 2. The number of pyridine rings is 1. The molecule has 0 atom stereocenters. The van der Waals surface area contributed by atoms with Gasteiger partial charge < -0.3 is 10.6 Å². The molecule has 0 aliphatic heterocycles. The SMILES string of the molecule is CN(Cc1ccc(Cl)c(Cl)c1)C(=O)Cc1ccc(N)cn1. The van der Waals surface area contributed by atoms with Gasteiger partial charge in [-0.2, -0.15) is 0 Å². The molecule has 2 aromatic rings. The van der Waals surface area contributed by atoms with E-state index in [0.717, 1.165) is 5.56 Å². The Morgan fingerprint density at radius 2 is 2.00 bits per heavy atom. The summed E-state index contributed by atoms with van der Waals surface area (Å²) in [5.74, 6) is -0.0293. The van der Waals surface area contributed by atoms with E-state index in [1.54, 1.807) is 42.4 Å². The smallest absolute Gasteiger partial charge is 0.228 e. The fourth-order valence-electron chi connectivity index (χ4n) is 1.83. The van der Waals surface area contributed by atoms with Crippen LogP contribution in [0.4, 0.5) is 5.69 Å². The Morgan fingerprint density at radius 1 is 1.24 bits per heavy atom. The fraction of sp³-hybridized carbons (Fsp3) is 0.200. The summed E-state index contributed by atoms with van der Waals surface area (Å²) in [5, 5.41) is 0.982. The first-order chi connectivity index (χ1) is 9.95. The number of nitrogens with two attached hydrogens (primary N) is 1. The molecule has 0 radical (unpaired) electrons. The van der Waals surface area contributed by atoms with Gasteiger partial charge in [-0.15, -0.1) is 0 Å². The van der Waals surface area contributed by atoms with Crippen molar-refractivity contribution < 1.29 is 4.79 Å². The molecule has 2 rings (SSSR count). The lowest BCUT2D eigenvalue weighted by molar-refractivity contribution is -0.129. The van der Waals surface area contributed by atoms with Crippen LogP contribution in [0.15, 0.2) is 36.5 Å². The molecule has 0 unspecified atom stereocenters. The molecule has 1 aromatic carbocycles. The predicted molar refractivity (Wildman–Crippen MR) is 85.3 cm³/mol. The van der Waals surface area contributed by atoms with E-state index in [4.69, 9.17) is 28.9 Å². The molecule has 110 valence electrons. The molecule has 0 spiro atoms. The van der Waals surface area contributed by atoms with E-state index in [1.165, 1.54) is 0 Å². The Kier molecular flexibility index (Phi) is 5.04. The van der Waals surface area contributed by atoms with Gasteiger partial charge in [0.25, 0.3) is 0 Å². The number of halogens is 2. The third-order valence-electron chi connectivity index (χ3n) is 3.01. The second kappa shape index (κ2) is 6.78. The van der Waals surface area contributed by atoms with Gasteiger partial charge in [0.1, 0.15) is 0 Å². The van der Waals surface area contributed by atoms with Crippen molar-refractivity contribution >= 4 is 34.8 Å². The van der Waals surface area contributed by atoms with Crippen molar-refractivity contribution in [2.45, 2.75) is 13.0 Å². The molecular formula is C15H15Cl2N3O. The van der Waals surface area contributed by atoms with Crippen LogP contribution < -0.4 is 5.73 Å². The highest BCUT2D eigenvalue weighted by molar-refractivity contribution is 6.42. The van der Waals surface area contributed by atoms with Gasteiger partial charge in [-0.25, -0.2) is 0 Å². The van der Waals surface area contributed by atoms with Gasteiger partial charge in [0.15, 0.2) is 0 Å². The number of carbonyl (C=O) groups is 1. The summed E-state index contributed by atoms with van der Waals surface area (Å²) in [5.41, 5.74) is 7.76. The number of anilines is 1. The van der Waals surface area contributed by atoms with E-state index in [2.05, 4.69) is 4.98 Å². The summed E-state index contributed by atoms with van der Waals surface area (Å²) < 4.78 is 0. The Balaban J connectivity index is 1.98. The number of likely N-dealkylation sites (N-methyl/N-ethyl adjacent to an activating group) is 1. The van der Waals surface area contributed by atoms with Gasteiger partial charge in [-0.3, -0.25) is 9.78 Å². The number of hydrogen-bond donors (Lipinski definition) is 1. The minimum atomic E-state index is -0.0293. The second-order valence-corrected chi connectivity index (χ2v) is 5.57. The minimum Gasteiger partial charge on any atom is -0.397 e. The van der Waals surface area contributed by atoms with Crippen molar-refractivity contribution in [3.8, 4) is 0 Å². The molecule has 1 aromatic heterocycles. The first-order valence-corrected chi connectivity index (χ1v) is 7.09. The predicted octanol–water partition coefficient (Wildman–Crippen LogP) is 3.17. The number of nitrogen functional groups attached to an aromatic ring is 1. The Morgan fingerprint density at radius 3 is 2.62 bits per heavy atom. The van der Waals surface area contributed by atoms with Crippen LogP contribution >= 0.6 is 23.2 Å². The molecule has 0 aliphatic carbocycles. The zero-order chi connectivity index (χ0) is 15.4. The van der Waals surface area contributed by atoms with Gasteiger partial charge in [0.2, 0.25) is 5.91 Å². The fourth-order valence-corrected chi connectivity index (χ4v) is 2.15. The lowest BCUT2D eigenvalue weighted by Crippen LogP contribution is -2.28. The van der Waals surface area contributed by atoms with Gasteiger partial charge in [0.05, 0.1) is 28.4 Å². The zero-order valence-corrected chi connectivity index (χ0v) is 13.0.